The maximum absolute atomic E-state index is 13.3. The lowest BCUT2D eigenvalue weighted by Gasteiger charge is -2.21. The summed E-state index contributed by atoms with van der Waals surface area (Å²) in [6.45, 7) is 4.66. The van der Waals surface area contributed by atoms with E-state index in [4.69, 9.17) is 5.11 Å². The molecule has 1 aliphatic heterocycles. The Morgan fingerprint density at radius 2 is 1.81 bits per heavy atom. The Kier molecular flexibility index (Phi) is 4.71. The van der Waals surface area contributed by atoms with Crippen molar-refractivity contribution in [2.24, 2.45) is 5.92 Å². The molecule has 1 aliphatic rings. The van der Waals surface area contributed by atoms with E-state index in [1.54, 1.807) is 4.90 Å². The molecular formula is C18H18F3N3O3. The molecule has 0 saturated carbocycles. The number of carbonyl (C=O) groups excluding carboxylic acids is 1. The third kappa shape index (κ3) is 3.54. The molecule has 2 unspecified atom stereocenters. The highest BCUT2D eigenvalue weighted by Gasteiger charge is 2.40. The van der Waals surface area contributed by atoms with Gasteiger partial charge in [0.15, 0.2) is 5.69 Å². The van der Waals surface area contributed by atoms with E-state index in [9.17, 15) is 22.8 Å². The van der Waals surface area contributed by atoms with Crippen LogP contribution in [0.4, 0.5) is 13.2 Å². The van der Waals surface area contributed by atoms with Crippen molar-refractivity contribution >= 4 is 11.9 Å². The third-order valence-corrected chi connectivity index (χ3v) is 4.67. The van der Waals surface area contributed by atoms with Gasteiger partial charge in [0.1, 0.15) is 5.56 Å². The van der Waals surface area contributed by atoms with E-state index >= 15 is 0 Å². The van der Waals surface area contributed by atoms with E-state index in [-0.39, 0.29) is 17.6 Å². The number of likely N-dealkylation sites (tertiary alicyclic amines) is 1. The Hall–Kier alpha value is -2.84. The van der Waals surface area contributed by atoms with Gasteiger partial charge in [-0.3, -0.25) is 4.79 Å². The van der Waals surface area contributed by atoms with Gasteiger partial charge in [0, 0.05) is 18.2 Å². The first-order chi connectivity index (χ1) is 12.6. The summed E-state index contributed by atoms with van der Waals surface area (Å²) in [6.07, 6.45) is -3.32. The molecule has 0 bridgehead atoms. The van der Waals surface area contributed by atoms with Crippen molar-refractivity contribution in [3.05, 3.63) is 47.3 Å². The molecule has 0 aliphatic carbocycles. The molecule has 0 spiro atoms. The standard InChI is InChI=1S/C18H18F3N3O3/c1-10-7-11(2)23(9-10)16(25)12-3-5-13(6-4-12)24-15(18(19,20)21)14(8-22-24)17(26)27/h3-6,8,10-11H,7,9H2,1-2H3,(H,26,27). The zero-order valence-electron chi connectivity index (χ0n) is 14.7. The molecule has 9 heteroatoms. The van der Waals surface area contributed by atoms with E-state index < -0.39 is 23.4 Å². The number of carbonyl (C=O) groups is 2. The molecule has 0 radical (unpaired) electrons. The molecule has 1 amide bonds. The van der Waals surface area contributed by atoms with Crippen LogP contribution in [-0.2, 0) is 6.18 Å². The second-order valence-corrected chi connectivity index (χ2v) is 6.82. The summed E-state index contributed by atoms with van der Waals surface area (Å²) in [5.41, 5.74) is -1.91. The summed E-state index contributed by atoms with van der Waals surface area (Å²) in [4.78, 5) is 25.4. The van der Waals surface area contributed by atoms with E-state index in [0.717, 1.165) is 6.42 Å². The average molecular weight is 381 g/mol. The number of aromatic nitrogens is 2. The topological polar surface area (TPSA) is 75.4 Å². The molecule has 1 N–H and O–H groups in total. The fourth-order valence-corrected chi connectivity index (χ4v) is 3.47. The lowest BCUT2D eigenvalue weighted by Crippen LogP contribution is -2.33. The van der Waals surface area contributed by atoms with Crippen LogP contribution >= 0.6 is 0 Å². The van der Waals surface area contributed by atoms with E-state index in [2.05, 4.69) is 12.0 Å². The van der Waals surface area contributed by atoms with Crippen LogP contribution in [0.15, 0.2) is 30.5 Å². The SMILES string of the molecule is CC1CC(C)N(C(=O)c2ccc(-n3ncc(C(=O)O)c3C(F)(F)F)cc2)C1. The number of carboxylic acids is 1. The second-order valence-electron chi connectivity index (χ2n) is 6.82. The molecule has 1 fully saturated rings. The Balaban J connectivity index is 1.93. The number of hydrogen-bond donors (Lipinski definition) is 1. The lowest BCUT2D eigenvalue weighted by atomic mass is 10.1. The Bertz CT molecular complexity index is 874. The molecule has 1 aromatic carbocycles. The maximum Gasteiger partial charge on any atom is 0.434 e. The van der Waals surface area contributed by atoms with Gasteiger partial charge in [0.2, 0.25) is 0 Å². The molecule has 1 aromatic heterocycles. The second kappa shape index (κ2) is 6.71. The highest BCUT2D eigenvalue weighted by atomic mass is 19.4. The zero-order valence-corrected chi connectivity index (χ0v) is 14.7. The van der Waals surface area contributed by atoms with Gasteiger partial charge in [-0.2, -0.15) is 18.3 Å². The van der Waals surface area contributed by atoms with E-state index in [1.165, 1.54) is 24.3 Å². The number of aromatic carboxylic acids is 1. The summed E-state index contributed by atoms with van der Waals surface area (Å²) in [5.74, 6) is -1.49. The first-order valence-corrected chi connectivity index (χ1v) is 8.39. The maximum atomic E-state index is 13.3. The molecule has 2 atom stereocenters. The van der Waals surface area contributed by atoms with Crippen LogP contribution in [0.1, 0.15) is 46.7 Å². The monoisotopic (exact) mass is 381 g/mol. The largest absolute Gasteiger partial charge is 0.478 e. The zero-order chi connectivity index (χ0) is 19.9. The van der Waals surface area contributed by atoms with Crippen molar-refractivity contribution in [2.75, 3.05) is 6.54 Å². The van der Waals surface area contributed by atoms with E-state index in [1.807, 2.05) is 6.92 Å². The highest BCUT2D eigenvalue weighted by molar-refractivity contribution is 5.95. The van der Waals surface area contributed by atoms with Gasteiger partial charge < -0.3 is 10.0 Å². The van der Waals surface area contributed by atoms with Crippen LogP contribution in [0.2, 0.25) is 0 Å². The van der Waals surface area contributed by atoms with Gasteiger partial charge in [0.05, 0.1) is 11.9 Å². The molecule has 3 rings (SSSR count). The Morgan fingerprint density at radius 1 is 1.19 bits per heavy atom. The number of carboxylic acid groups (broad SMARTS) is 1. The summed E-state index contributed by atoms with van der Waals surface area (Å²) in [7, 11) is 0. The smallest absolute Gasteiger partial charge is 0.434 e. The minimum Gasteiger partial charge on any atom is -0.478 e. The first-order valence-electron chi connectivity index (χ1n) is 8.39. The van der Waals surface area contributed by atoms with Gasteiger partial charge in [-0.05, 0) is 43.5 Å². The third-order valence-electron chi connectivity index (χ3n) is 4.67. The van der Waals surface area contributed by atoms with Gasteiger partial charge in [0.25, 0.3) is 5.91 Å². The summed E-state index contributed by atoms with van der Waals surface area (Å²) < 4.78 is 40.4. The number of nitrogens with zero attached hydrogens (tertiary/aromatic N) is 3. The van der Waals surface area contributed by atoms with Gasteiger partial charge in [-0.15, -0.1) is 0 Å². The fraction of sp³-hybridized carbons (Fsp3) is 0.389. The van der Waals surface area contributed by atoms with Crippen LogP contribution in [0.5, 0.6) is 0 Å². The Labute approximate surface area is 153 Å². The van der Waals surface area contributed by atoms with Crippen LogP contribution in [-0.4, -0.2) is 44.3 Å². The van der Waals surface area contributed by atoms with Crippen LogP contribution in [0.25, 0.3) is 5.69 Å². The molecule has 27 heavy (non-hydrogen) atoms. The molecule has 1 saturated heterocycles. The molecule has 6 nitrogen and oxygen atoms in total. The number of amides is 1. The van der Waals surface area contributed by atoms with Crippen molar-refractivity contribution in [1.82, 2.24) is 14.7 Å². The quantitative estimate of drug-likeness (QED) is 0.884. The summed E-state index contributed by atoms with van der Waals surface area (Å²) >= 11 is 0. The lowest BCUT2D eigenvalue weighted by molar-refractivity contribution is -0.143. The number of hydrogen-bond acceptors (Lipinski definition) is 3. The van der Waals surface area contributed by atoms with Gasteiger partial charge in [-0.1, -0.05) is 6.92 Å². The predicted octanol–water partition coefficient (Wildman–Crippen LogP) is 3.46. The highest BCUT2D eigenvalue weighted by Crippen LogP contribution is 2.34. The summed E-state index contributed by atoms with van der Waals surface area (Å²) in [5, 5.41) is 12.5. The average Bonchev–Trinajstić information content (AvgIpc) is 3.17. The van der Waals surface area contributed by atoms with Crippen molar-refractivity contribution in [2.45, 2.75) is 32.5 Å². The van der Waals surface area contributed by atoms with Crippen LogP contribution < -0.4 is 0 Å². The minimum atomic E-state index is -4.89. The number of rotatable bonds is 3. The van der Waals surface area contributed by atoms with Crippen molar-refractivity contribution in [3.8, 4) is 5.69 Å². The molecule has 2 heterocycles. The van der Waals surface area contributed by atoms with Crippen LogP contribution in [0, 0.1) is 5.92 Å². The summed E-state index contributed by atoms with van der Waals surface area (Å²) in [6, 6.07) is 5.61. The first kappa shape index (κ1) is 18.9. The van der Waals surface area contributed by atoms with Crippen LogP contribution in [0.3, 0.4) is 0 Å². The van der Waals surface area contributed by atoms with E-state index in [0.29, 0.717) is 28.9 Å². The number of alkyl halides is 3. The minimum absolute atomic E-state index is 0.0224. The number of benzene rings is 1. The van der Waals surface area contributed by atoms with Crippen molar-refractivity contribution < 1.29 is 27.9 Å². The van der Waals surface area contributed by atoms with Crippen molar-refractivity contribution in [1.29, 1.82) is 0 Å². The van der Waals surface area contributed by atoms with Gasteiger partial charge >= 0.3 is 12.1 Å². The predicted molar refractivity (Wildman–Crippen MR) is 89.8 cm³/mol. The Morgan fingerprint density at radius 3 is 2.30 bits per heavy atom. The molecule has 2 aromatic rings. The van der Waals surface area contributed by atoms with Crippen molar-refractivity contribution in [3.63, 3.8) is 0 Å². The molecule has 144 valence electrons. The molecular weight excluding hydrogens is 363 g/mol. The van der Waals surface area contributed by atoms with Gasteiger partial charge in [-0.25, -0.2) is 9.48 Å². The number of halogens is 3. The fourth-order valence-electron chi connectivity index (χ4n) is 3.47. The normalized spacial score (nSPS) is 20.1.